The van der Waals surface area contributed by atoms with Crippen molar-refractivity contribution in [2.45, 2.75) is 12.8 Å². The lowest BCUT2D eigenvalue weighted by molar-refractivity contribution is -0.117. The van der Waals surface area contributed by atoms with Crippen LogP contribution in [0.4, 0.5) is 11.4 Å². The van der Waals surface area contributed by atoms with Crippen molar-refractivity contribution in [3.05, 3.63) is 95.6 Å². The van der Waals surface area contributed by atoms with Crippen LogP contribution < -0.4 is 11.1 Å². The number of amides is 1. The second-order valence-electron chi connectivity index (χ2n) is 6.12. The predicted octanol–water partition coefficient (Wildman–Crippen LogP) is 4.24. The van der Waals surface area contributed by atoms with Crippen LogP contribution >= 0.6 is 0 Å². The first-order valence-corrected chi connectivity index (χ1v) is 8.41. The molecule has 3 rings (SSSR count). The largest absolute Gasteiger partial charge is 0.399 e. The van der Waals surface area contributed by atoms with Crippen molar-refractivity contribution in [2.24, 2.45) is 0 Å². The number of benzene rings is 3. The Labute approximate surface area is 152 Å². The van der Waals surface area contributed by atoms with E-state index in [1.165, 1.54) is 0 Å². The van der Waals surface area contributed by atoms with E-state index in [1.54, 1.807) is 42.5 Å². The van der Waals surface area contributed by atoms with E-state index in [0.29, 0.717) is 22.5 Å². The van der Waals surface area contributed by atoms with E-state index < -0.39 is 0 Å². The molecule has 0 aliphatic heterocycles. The summed E-state index contributed by atoms with van der Waals surface area (Å²) >= 11 is 0. The zero-order valence-corrected chi connectivity index (χ0v) is 14.5. The number of ketones is 1. The molecule has 0 aliphatic rings. The van der Waals surface area contributed by atoms with Gasteiger partial charge in [-0.05, 0) is 30.7 Å². The average molecular weight is 344 g/mol. The monoisotopic (exact) mass is 344 g/mol. The molecule has 130 valence electrons. The van der Waals surface area contributed by atoms with Gasteiger partial charge >= 0.3 is 0 Å². The fourth-order valence-electron chi connectivity index (χ4n) is 2.74. The van der Waals surface area contributed by atoms with Crippen molar-refractivity contribution in [3.63, 3.8) is 0 Å². The zero-order chi connectivity index (χ0) is 18.5. The fourth-order valence-corrected chi connectivity index (χ4v) is 2.74. The highest BCUT2D eigenvalue weighted by Crippen LogP contribution is 2.24. The van der Waals surface area contributed by atoms with Crippen LogP contribution in [-0.2, 0) is 4.79 Å². The first-order chi connectivity index (χ1) is 12.6. The Morgan fingerprint density at radius 3 is 2.15 bits per heavy atom. The molecule has 1 atom stereocenters. The van der Waals surface area contributed by atoms with Crippen LogP contribution in [0.1, 0.15) is 34.3 Å². The van der Waals surface area contributed by atoms with Crippen molar-refractivity contribution < 1.29 is 9.59 Å². The minimum atomic E-state index is -0.339. The lowest BCUT2D eigenvalue weighted by Gasteiger charge is -2.15. The second-order valence-corrected chi connectivity index (χ2v) is 6.12. The van der Waals surface area contributed by atoms with Gasteiger partial charge in [-0.25, -0.2) is 0 Å². The highest BCUT2D eigenvalue weighted by atomic mass is 16.2. The predicted molar refractivity (Wildman–Crippen MR) is 104 cm³/mol. The maximum absolute atomic E-state index is 12.8. The number of carbonyl (C=O) groups is 2. The lowest BCUT2D eigenvalue weighted by Crippen LogP contribution is -2.20. The van der Waals surface area contributed by atoms with Crippen molar-refractivity contribution in [1.82, 2.24) is 0 Å². The number of anilines is 2. The van der Waals surface area contributed by atoms with E-state index >= 15 is 0 Å². The Kier molecular flexibility index (Phi) is 5.13. The second kappa shape index (κ2) is 7.66. The number of nitrogens with one attached hydrogen (secondary N) is 1. The molecule has 4 nitrogen and oxygen atoms in total. The third-order valence-corrected chi connectivity index (χ3v) is 4.27. The summed E-state index contributed by atoms with van der Waals surface area (Å²) in [6.45, 7) is 1.83. The van der Waals surface area contributed by atoms with E-state index in [4.69, 9.17) is 5.73 Å². The molecule has 26 heavy (non-hydrogen) atoms. The minimum Gasteiger partial charge on any atom is -0.399 e. The van der Waals surface area contributed by atoms with Crippen molar-refractivity contribution in [1.29, 1.82) is 0 Å². The molecule has 0 heterocycles. The van der Waals surface area contributed by atoms with E-state index in [0.717, 1.165) is 5.56 Å². The average Bonchev–Trinajstić information content (AvgIpc) is 2.69. The van der Waals surface area contributed by atoms with Gasteiger partial charge in [-0.1, -0.05) is 60.7 Å². The number of carbonyl (C=O) groups excluding carboxylic acids is 2. The zero-order valence-electron chi connectivity index (χ0n) is 14.5. The molecule has 0 spiro atoms. The van der Waals surface area contributed by atoms with Gasteiger partial charge in [0.05, 0.1) is 11.6 Å². The SMILES string of the molecule is CC(C(=O)Nc1ccc(N)cc1C(=O)c1ccccc1)c1ccccc1. The van der Waals surface area contributed by atoms with Gasteiger partial charge in [0.25, 0.3) is 0 Å². The van der Waals surface area contributed by atoms with Crippen LogP contribution in [0.5, 0.6) is 0 Å². The molecule has 3 N–H and O–H groups in total. The van der Waals surface area contributed by atoms with Gasteiger partial charge < -0.3 is 11.1 Å². The molecule has 0 radical (unpaired) electrons. The number of hydrogen-bond donors (Lipinski definition) is 2. The van der Waals surface area contributed by atoms with Gasteiger partial charge in [0, 0.05) is 16.8 Å². The van der Waals surface area contributed by atoms with Crippen LogP contribution in [0.25, 0.3) is 0 Å². The molecular weight excluding hydrogens is 324 g/mol. The minimum absolute atomic E-state index is 0.178. The van der Waals surface area contributed by atoms with Gasteiger partial charge in [0.15, 0.2) is 5.78 Å². The third kappa shape index (κ3) is 3.81. The molecule has 1 unspecified atom stereocenters. The summed E-state index contributed by atoms with van der Waals surface area (Å²) in [6, 6.07) is 23.4. The Morgan fingerprint density at radius 1 is 0.885 bits per heavy atom. The van der Waals surface area contributed by atoms with Crippen molar-refractivity contribution >= 4 is 23.1 Å². The van der Waals surface area contributed by atoms with Gasteiger partial charge in [0.2, 0.25) is 5.91 Å². The summed E-state index contributed by atoms with van der Waals surface area (Å²) in [7, 11) is 0. The summed E-state index contributed by atoms with van der Waals surface area (Å²) in [6.07, 6.45) is 0. The molecule has 1 amide bonds. The highest BCUT2D eigenvalue weighted by molar-refractivity contribution is 6.14. The molecule has 3 aromatic carbocycles. The molecule has 0 saturated carbocycles. The topological polar surface area (TPSA) is 72.2 Å². The quantitative estimate of drug-likeness (QED) is 0.537. The molecule has 0 saturated heterocycles. The normalized spacial score (nSPS) is 11.6. The Bertz CT molecular complexity index is 921. The highest BCUT2D eigenvalue weighted by Gasteiger charge is 2.19. The Hall–Kier alpha value is -3.40. The van der Waals surface area contributed by atoms with Crippen LogP contribution in [0.3, 0.4) is 0 Å². The lowest BCUT2D eigenvalue weighted by atomic mass is 9.98. The molecule has 3 aromatic rings. The molecular formula is C22H20N2O2. The van der Waals surface area contributed by atoms with Crippen LogP contribution in [0.15, 0.2) is 78.9 Å². The van der Waals surface area contributed by atoms with Crippen LogP contribution in [0, 0.1) is 0 Å². The Balaban J connectivity index is 1.89. The molecule has 0 aliphatic carbocycles. The van der Waals surface area contributed by atoms with Gasteiger partial charge in [-0.3, -0.25) is 9.59 Å². The summed E-state index contributed by atoms with van der Waals surface area (Å²) in [5.74, 6) is -0.697. The maximum atomic E-state index is 12.8. The molecule has 0 fully saturated rings. The third-order valence-electron chi connectivity index (χ3n) is 4.27. The smallest absolute Gasteiger partial charge is 0.231 e. The van der Waals surface area contributed by atoms with Crippen molar-refractivity contribution in [3.8, 4) is 0 Å². The number of nitrogen functional groups attached to an aromatic ring is 1. The summed E-state index contributed by atoms with van der Waals surface area (Å²) < 4.78 is 0. The maximum Gasteiger partial charge on any atom is 0.231 e. The molecule has 0 bridgehead atoms. The first-order valence-electron chi connectivity index (χ1n) is 8.41. The summed E-state index contributed by atoms with van der Waals surface area (Å²) in [5, 5.41) is 2.87. The number of rotatable bonds is 5. The first kappa shape index (κ1) is 17.4. The molecule has 4 heteroatoms. The van der Waals surface area contributed by atoms with Gasteiger partial charge in [-0.15, -0.1) is 0 Å². The standard InChI is InChI=1S/C22H20N2O2/c1-15(16-8-4-2-5-9-16)22(26)24-20-13-12-18(23)14-19(20)21(25)17-10-6-3-7-11-17/h2-15H,23H2,1H3,(H,24,26). The summed E-state index contributed by atoms with van der Waals surface area (Å²) in [5.41, 5.74) is 8.63. The number of nitrogens with two attached hydrogens (primary N) is 1. The van der Waals surface area contributed by atoms with Crippen LogP contribution in [-0.4, -0.2) is 11.7 Å². The fraction of sp³-hybridized carbons (Fsp3) is 0.0909. The van der Waals surface area contributed by atoms with E-state index in [9.17, 15) is 9.59 Å². The van der Waals surface area contributed by atoms with Crippen molar-refractivity contribution in [2.75, 3.05) is 11.1 Å². The Morgan fingerprint density at radius 2 is 1.50 bits per heavy atom. The van der Waals surface area contributed by atoms with E-state index in [1.807, 2.05) is 43.3 Å². The van der Waals surface area contributed by atoms with Gasteiger partial charge in [0.1, 0.15) is 0 Å². The summed E-state index contributed by atoms with van der Waals surface area (Å²) in [4.78, 5) is 25.5. The van der Waals surface area contributed by atoms with Crippen LogP contribution in [0.2, 0.25) is 0 Å². The van der Waals surface area contributed by atoms with Gasteiger partial charge in [-0.2, -0.15) is 0 Å². The van der Waals surface area contributed by atoms with E-state index in [-0.39, 0.29) is 17.6 Å². The van der Waals surface area contributed by atoms with E-state index in [2.05, 4.69) is 5.32 Å². The number of hydrogen-bond acceptors (Lipinski definition) is 3. The molecule has 0 aromatic heterocycles.